The predicted octanol–water partition coefficient (Wildman–Crippen LogP) is 1.35. The first-order valence-corrected chi connectivity index (χ1v) is 7.06. The molecule has 1 aromatic carbocycles. The Bertz CT molecular complexity index is 752. The summed E-state index contributed by atoms with van der Waals surface area (Å²) < 4.78 is 0. The Morgan fingerprint density at radius 2 is 1.82 bits per heavy atom. The van der Waals surface area contributed by atoms with Gasteiger partial charge in [0.05, 0.1) is 11.0 Å². The van der Waals surface area contributed by atoms with Crippen LogP contribution in [0.1, 0.15) is 27.2 Å². The second-order valence-electron chi connectivity index (χ2n) is 6.14. The number of aromatic nitrogens is 2. The summed E-state index contributed by atoms with van der Waals surface area (Å²) in [4.78, 5) is 39.9. The lowest BCUT2D eigenvalue weighted by Crippen LogP contribution is -2.36. The predicted molar refractivity (Wildman–Crippen MR) is 84.6 cm³/mol. The van der Waals surface area contributed by atoms with Crippen LogP contribution in [-0.2, 0) is 9.59 Å². The van der Waals surface area contributed by atoms with Crippen LogP contribution in [0.15, 0.2) is 23.0 Å². The minimum atomic E-state index is -0.471. The number of fused-ring (bicyclic) bond motifs is 1. The Balaban J connectivity index is 1.88. The fourth-order valence-electron chi connectivity index (χ4n) is 1.89. The number of H-pyrrole nitrogens is 2. The van der Waals surface area contributed by atoms with Gasteiger partial charge in [-0.15, -0.1) is 0 Å². The van der Waals surface area contributed by atoms with Gasteiger partial charge in [-0.2, -0.15) is 0 Å². The van der Waals surface area contributed by atoms with E-state index in [0.29, 0.717) is 16.7 Å². The average Bonchev–Trinajstić information content (AvgIpc) is 2.76. The Morgan fingerprint density at radius 3 is 2.50 bits per heavy atom. The third-order valence-electron chi connectivity index (χ3n) is 3.12. The summed E-state index contributed by atoms with van der Waals surface area (Å²) in [6.07, 6.45) is 0.184. The standard InChI is InChI=1S/C15H20N4O3/c1-15(2,3)13(21)16-7-6-12(20)17-9-4-5-10-11(8-9)19-14(22)18-10/h4-5,8H,6-7H2,1-3H3,(H,16,21)(H,17,20)(H2,18,19,22). The molecular weight excluding hydrogens is 284 g/mol. The lowest BCUT2D eigenvalue weighted by Gasteiger charge is -2.17. The van der Waals surface area contributed by atoms with E-state index in [1.54, 1.807) is 18.2 Å². The van der Waals surface area contributed by atoms with Crippen molar-refractivity contribution in [3.8, 4) is 0 Å². The van der Waals surface area contributed by atoms with Crippen molar-refractivity contribution in [2.45, 2.75) is 27.2 Å². The molecule has 0 saturated carbocycles. The monoisotopic (exact) mass is 304 g/mol. The van der Waals surface area contributed by atoms with E-state index in [9.17, 15) is 14.4 Å². The van der Waals surface area contributed by atoms with E-state index in [-0.39, 0.29) is 30.5 Å². The van der Waals surface area contributed by atoms with Gasteiger partial charge in [-0.05, 0) is 18.2 Å². The van der Waals surface area contributed by atoms with Gasteiger partial charge in [-0.1, -0.05) is 20.8 Å². The summed E-state index contributed by atoms with van der Waals surface area (Å²) in [5.74, 6) is -0.293. The number of aromatic amines is 2. The molecule has 0 bridgehead atoms. The maximum Gasteiger partial charge on any atom is 0.323 e. The van der Waals surface area contributed by atoms with E-state index in [2.05, 4.69) is 20.6 Å². The Morgan fingerprint density at radius 1 is 1.14 bits per heavy atom. The SMILES string of the molecule is CC(C)(C)C(=O)NCCC(=O)Nc1ccc2[nH]c(=O)[nH]c2c1. The van der Waals surface area contributed by atoms with Crippen molar-refractivity contribution in [2.75, 3.05) is 11.9 Å². The highest BCUT2D eigenvalue weighted by Crippen LogP contribution is 2.15. The molecule has 0 fully saturated rings. The summed E-state index contributed by atoms with van der Waals surface area (Å²) in [5, 5.41) is 5.45. The van der Waals surface area contributed by atoms with Gasteiger partial charge >= 0.3 is 5.69 Å². The molecule has 1 heterocycles. The number of carbonyl (C=O) groups is 2. The van der Waals surface area contributed by atoms with Crippen LogP contribution in [0.3, 0.4) is 0 Å². The third-order valence-corrected chi connectivity index (χ3v) is 3.12. The van der Waals surface area contributed by atoms with Gasteiger partial charge in [-0.3, -0.25) is 9.59 Å². The minimum absolute atomic E-state index is 0.0911. The number of hydrogen-bond donors (Lipinski definition) is 4. The molecule has 7 heteroatoms. The van der Waals surface area contributed by atoms with Crippen molar-refractivity contribution in [3.63, 3.8) is 0 Å². The molecule has 4 N–H and O–H groups in total. The summed E-state index contributed by atoms with van der Waals surface area (Å²) in [6.45, 7) is 5.73. The maximum absolute atomic E-state index is 11.8. The van der Waals surface area contributed by atoms with Crippen LogP contribution in [0.2, 0.25) is 0 Å². The van der Waals surface area contributed by atoms with Crippen molar-refractivity contribution in [1.82, 2.24) is 15.3 Å². The molecule has 2 amide bonds. The van der Waals surface area contributed by atoms with E-state index in [1.165, 1.54) is 0 Å². The fourth-order valence-corrected chi connectivity index (χ4v) is 1.89. The Hall–Kier alpha value is -2.57. The van der Waals surface area contributed by atoms with Crippen LogP contribution in [0.5, 0.6) is 0 Å². The van der Waals surface area contributed by atoms with E-state index >= 15 is 0 Å². The minimum Gasteiger partial charge on any atom is -0.355 e. The third kappa shape index (κ3) is 3.97. The molecule has 0 aliphatic rings. The molecular formula is C15H20N4O3. The second-order valence-corrected chi connectivity index (χ2v) is 6.14. The highest BCUT2D eigenvalue weighted by Gasteiger charge is 2.20. The van der Waals surface area contributed by atoms with Crippen molar-refractivity contribution in [3.05, 3.63) is 28.7 Å². The smallest absolute Gasteiger partial charge is 0.323 e. The van der Waals surface area contributed by atoms with Crippen molar-refractivity contribution < 1.29 is 9.59 Å². The number of rotatable bonds is 4. The average molecular weight is 304 g/mol. The lowest BCUT2D eigenvalue weighted by molar-refractivity contribution is -0.128. The van der Waals surface area contributed by atoms with E-state index in [4.69, 9.17) is 0 Å². The van der Waals surface area contributed by atoms with Crippen LogP contribution in [0, 0.1) is 5.41 Å². The number of hydrogen-bond acceptors (Lipinski definition) is 3. The molecule has 118 valence electrons. The molecule has 0 radical (unpaired) electrons. The van der Waals surface area contributed by atoms with Crippen LogP contribution < -0.4 is 16.3 Å². The normalized spacial score (nSPS) is 11.4. The first-order chi connectivity index (χ1) is 10.3. The van der Waals surface area contributed by atoms with Gasteiger partial charge in [0.15, 0.2) is 0 Å². The van der Waals surface area contributed by atoms with E-state index in [1.807, 2.05) is 20.8 Å². The number of amides is 2. The molecule has 2 rings (SSSR count). The molecule has 22 heavy (non-hydrogen) atoms. The first kappa shape index (κ1) is 15.8. The number of benzene rings is 1. The van der Waals surface area contributed by atoms with E-state index in [0.717, 1.165) is 0 Å². The molecule has 7 nitrogen and oxygen atoms in total. The van der Waals surface area contributed by atoms with Crippen molar-refractivity contribution in [2.24, 2.45) is 5.41 Å². The summed E-state index contributed by atoms with van der Waals surface area (Å²) in [7, 11) is 0. The van der Waals surface area contributed by atoms with Crippen LogP contribution in [-0.4, -0.2) is 28.3 Å². The highest BCUT2D eigenvalue weighted by molar-refractivity contribution is 5.93. The maximum atomic E-state index is 11.8. The number of anilines is 1. The van der Waals surface area contributed by atoms with Crippen molar-refractivity contribution >= 4 is 28.5 Å². The molecule has 0 aliphatic heterocycles. The first-order valence-electron chi connectivity index (χ1n) is 7.06. The van der Waals surface area contributed by atoms with Gasteiger partial charge in [0.25, 0.3) is 0 Å². The van der Waals surface area contributed by atoms with Gasteiger partial charge in [0.1, 0.15) is 0 Å². The molecule has 2 aromatic rings. The Labute approximate surface area is 127 Å². The summed E-state index contributed by atoms with van der Waals surface area (Å²) in [5.41, 5.74) is 1.14. The van der Waals surface area contributed by atoms with Gasteiger partial charge in [0.2, 0.25) is 11.8 Å². The summed E-state index contributed by atoms with van der Waals surface area (Å²) >= 11 is 0. The Kier molecular flexibility index (Phi) is 4.35. The van der Waals surface area contributed by atoms with Gasteiger partial charge in [0, 0.05) is 24.1 Å². The zero-order valence-corrected chi connectivity index (χ0v) is 12.9. The van der Waals surface area contributed by atoms with Gasteiger partial charge < -0.3 is 20.6 Å². The van der Waals surface area contributed by atoms with Crippen LogP contribution >= 0.6 is 0 Å². The molecule has 0 atom stereocenters. The number of imidazole rings is 1. The van der Waals surface area contributed by atoms with Crippen molar-refractivity contribution in [1.29, 1.82) is 0 Å². The van der Waals surface area contributed by atoms with Crippen LogP contribution in [0.4, 0.5) is 5.69 Å². The van der Waals surface area contributed by atoms with E-state index < -0.39 is 5.41 Å². The molecule has 0 saturated heterocycles. The topological polar surface area (TPSA) is 107 Å². The lowest BCUT2D eigenvalue weighted by atomic mass is 9.96. The molecule has 1 aromatic heterocycles. The zero-order valence-electron chi connectivity index (χ0n) is 12.9. The fraction of sp³-hybridized carbons (Fsp3) is 0.400. The molecule has 0 aliphatic carbocycles. The largest absolute Gasteiger partial charge is 0.355 e. The summed E-state index contributed by atoms with van der Waals surface area (Å²) in [6, 6.07) is 5.10. The molecule has 0 unspecified atom stereocenters. The number of nitrogens with one attached hydrogen (secondary N) is 4. The zero-order chi connectivity index (χ0) is 16.3. The highest BCUT2D eigenvalue weighted by atomic mass is 16.2. The quantitative estimate of drug-likeness (QED) is 0.684. The number of carbonyl (C=O) groups excluding carboxylic acids is 2. The second kappa shape index (κ2) is 6.05. The van der Waals surface area contributed by atoms with Gasteiger partial charge in [-0.25, -0.2) is 4.79 Å². The molecule has 0 spiro atoms. The van der Waals surface area contributed by atoms with Crippen LogP contribution in [0.25, 0.3) is 11.0 Å².